The van der Waals surface area contributed by atoms with Gasteiger partial charge in [-0.3, -0.25) is 4.79 Å². The molecule has 1 heterocycles. The highest BCUT2D eigenvalue weighted by Gasteiger charge is 2.06. The van der Waals surface area contributed by atoms with E-state index in [4.69, 9.17) is 5.11 Å². The van der Waals surface area contributed by atoms with Gasteiger partial charge in [0.15, 0.2) is 0 Å². The van der Waals surface area contributed by atoms with Gasteiger partial charge in [0.05, 0.1) is 6.54 Å². The summed E-state index contributed by atoms with van der Waals surface area (Å²) in [7, 11) is 0. The molecule has 1 aromatic carbocycles. The molecule has 0 bridgehead atoms. The van der Waals surface area contributed by atoms with E-state index < -0.39 is 11.8 Å². The molecule has 0 spiro atoms. The van der Waals surface area contributed by atoms with E-state index in [2.05, 4.69) is 0 Å². The summed E-state index contributed by atoms with van der Waals surface area (Å²) in [6, 6.07) is 9.28. The van der Waals surface area contributed by atoms with Crippen LogP contribution in [0.2, 0.25) is 0 Å². The second kappa shape index (κ2) is 6.17. The predicted molar refractivity (Wildman–Crippen MR) is 77.6 cm³/mol. The van der Waals surface area contributed by atoms with Crippen molar-refractivity contribution < 1.29 is 14.3 Å². The zero-order valence-corrected chi connectivity index (χ0v) is 11.4. The molecule has 0 saturated heterocycles. The first-order valence-electron chi connectivity index (χ1n) is 6.33. The van der Waals surface area contributed by atoms with E-state index >= 15 is 0 Å². The van der Waals surface area contributed by atoms with Crippen molar-refractivity contribution in [2.45, 2.75) is 13.5 Å². The van der Waals surface area contributed by atoms with Crippen molar-refractivity contribution in [3.05, 3.63) is 75.5 Å². The highest BCUT2D eigenvalue weighted by Crippen LogP contribution is 2.13. The van der Waals surface area contributed by atoms with Gasteiger partial charge in [-0.15, -0.1) is 0 Å². The average Bonchev–Trinajstić information content (AvgIpc) is 2.42. The van der Waals surface area contributed by atoms with Crippen molar-refractivity contribution in [3.63, 3.8) is 0 Å². The summed E-state index contributed by atoms with van der Waals surface area (Å²) in [6.07, 6.45) is 2.26. The minimum Gasteiger partial charge on any atom is -0.478 e. The minimum atomic E-state index is -1.09. The third kappa shape index (κ3) is 3.66. The summed E-state index contributed by atoms with van der Waals surface area (Å²) in [4.78, 5) is 22.2. The molecule has 4 nitrogen and oxygen atoms in total. The maximum absolute atomic E-state index is 14.0. The van der Waals surface area contributed by atoms with Gasteiger partial charge in [0.25, 0.3) is 5.56 Å². The lowest BCUT2D eigenvalue weighted by atomic mass is 10.1. The van der Waals surface area contributed by atoms with Gasteiger partial charge < -0.3 is 9.67 Å². The van der Waals surface area contributed by atoms with E-state index in [1.807, 2.05) is 0 Å². The third-order valence-electron chi connectivity index (χ3n) is 3.09. The van der Waals surface area contributed by atoms with E-state index in [0.717, 1.165) is 11.8 Å². The van der Waals surface area contributed by atoms with Crippen molar-refractivity contribution in [1.82, 2.24) is 4.57 Å². The van der Waals surface area contributed by atoms with Crippen LogP contribution < -0.4 is 5.56 Å². The molecule has 5 heteroatoms. The number of hydrogen-bond donors (Lipinski definition) is 1. The van der Waals surface area contributed by atoms with Crippen LogP contribution in [0.15, 0.2) is 47.3 Å². The molecule has 21 heavy (non-hydrogen) atoms. The van der Waals surface area contributed by atoms with E-state index in [1.54, 1.807) is 31.2 Å². The Balaban J connectivity index is 2.30. The van der Waals surface area contributed by atoms with E-state index in [-0.39, 0.29) is 12.1 Å². The molecule has 2 rings (SSSR count). The molecule has 0 fully saturated rings. The monoisotopic (exact) mass is 287 g/mol. The lowest BCUT2D eigenvalue weighted by molar-refractivity contribution is -0.131. The van der Waals surface area contributed by atoms with E-state index in [1.165, 1.54) is 22.8 Å². The number of carboxylic acid groups (broad SMARTS) is 1. The fourth-order valence-electron chi connectivity index (χ4n) is 1.96. The number of carboxylic acids is 1. The lowest BCUT2D eigenvalue weighted by Crippen LogP contribution is -2.21. The highest BCUT2D eigenvalue weighted by atomic mass is 19.1. The number of carbonyl (C=O) groups is 1. The summed E-state index contributed by atoms with van der Waals surface area (Å²) in [5.41, 5.74) is 1.38. The molecule has 0 aliphatic heterocycles. The number of aromatic nitrogens is 1. The Kier molecular flexibility index (Phi) is 4.33. The van der Waals surface area contributed by atoms with Crippen LogP contribution in [0, 0.1) is 12.7 Å². The summed E-state index contributed by atoms with van der Waals surface area (Å²) in [5.74, 6) is -1.57. The molecular formula is C16H14FNO3. The summed E-state index contributed by atoms with van der Waals surface area (Å²) in [5, 5.41) is 8.54. The molecule has 0 saturated carbocycles. The van der Waals surface area contributed by atoms with Crippen LogP contribution in [-0.2, 0) is 11.3 Å². The number of aryl methyl sites for hydroxylation is 1. The molecule has 0 aliphatic rings. The van der Waals surface area contributed by atoms with Crippen LogP contribution in [0.4, 0.5) is 4.39 Å². The SMILES string of the molecule is Cc1cccc(=O)n1Cc1ccc(C=CC(=O)O)cc1F. The average molecular weight is 287 g/mol. The Morgan fingerprint density at radius 2 is 2.10 bits per heavy atom. The molecule has 1 aromatic heterocycles. The summed E-state index contributed by atoms with van der Waals surface area (Å²) in [6.45, 7) is 1.92. The summed E-state index contributed by atoms with van der Waals surface area (Å²) >= 11 is 0. The van der Waals surface area contributed by atoms with Crippen molar-refractivity contribution in [3.8, 4) is 0 Å². The number of rotatable bonds is 4. The molecule has 0 radical (unpaired) electrons. The first kappa shape index (κ1) is 14.7. The third-order valence-corrected chi connectivity index (χ3v) is 3.09. The molecule has 0 unspecified atom stereocenters. The quantitative estimate of drug-likeness (QED) is 0.879. The largest absolute Gasteiger partial charge is 0.478 e. The van der Waals surface area contributed by atoms with Gasteiger partial charge in [-0.1, -0.05) is 18.2 Å². The van der Waals surface area contributed by atoms with Crippen LogP contribution in [0.25, 0.3) is 6.08 Å². The molecular weight excluding hydrogens is 273 g/mol. The van der Waals surface area contributed by atoms with Crippen LogP contribution in [-0.4, -0.2) is 15.6 Å². The van der Waals surface area contributed by atoms with Crippen LogP contribution in [0.5, 0.6) is 0 Å². The second-order valence-electron chi connectivity index (χ2n) is 4.61. The topological polar surface area (TPSA) is 59.3 Å². The van der Waals surface area contributed by atoms with Gasteiger partial charge in [0.1, 0.15) is 5.82 Å². The Bertz CT molecular complexity index is 762. The minimum absolute atomic E-state index is 0.139. The number of benzene rings is 1. The fraction of sp³-hybridized carbons (Fsp3) is 0.125. The van der Waals surface area contributed by atoms with Crippen molar-refractivity contribution in [1.29, 1.82) is 0 Å². The number of aliphatic carboxylic acids is 1. The molecule has 108 valence electrons. The molecule has 0 aliphatic carbocycles. The first-order chi connectivity index (χ1) is 9.97. The first-order valence-corrected chi connectivity index (χ1v) is 6.33. The zero-order valence-electron chi connectivity index (χ0n) is 11.4. The zero-order chi connectivity index (χ0) is 15.4. The molecule has 0 amide bonds. The smallest absolute Gasteiger partial charge is 0.328 e. The van der Waals surface area contributed by atoms with Crippen molar-refractivity contribution in [2.75, 3.05) is 0 Å². The van der Waals surface area contributed by atoms with Gasteiger partial charge in [-0.25, -0.2) is 9.18 Å². The number of pyridine rings is 1. The van der Waals surface area contributed by atoms with Gasteiger partial charge in [0.2, 0.25) is 0 Å². The Hall–Kier alpha value is -2.69. The van der Waals surface area contributed by atoms with Gasteiger partial charge in [0, 0.05) is 23.4 Å². The molecule has 0 atom stereocenters. The predicted octanol–water partition coefficient (Wildman–Crippen LogP) is 2.44. The van der Waals surface area contributed by atoms with Crippen LogP contribution in [0.1, 0.15) is 16.8 Å². The van der Waals surface area contributed by atoms with E-state index in [9.17, 15) is 14.0 Å². The Morgan fingerprint density at radius 3 is 2.71 bits per heavy atom. The van der Waals surface area contributed by atoms with Gasteiger partial charge in [-0.2, -0.15) is 0 Å². The number of nitrogens with zero attached hydrogens (tertiary/aromatic N) is 1. The number of hydrogen-bond acceptors (Lipinski definition) is 2. The van der Waals surface area contributed by atoms with Gasteiger partial charge >= 0.3 is 5.97 Å². The van der Waals surface area contributed by atoms with Crippen molar-refractivity contribution in [2.24, 2.45) is 0 Å². The lowest BCUT2D eigenvalue weighted by Gasteiger charge is -2.10. The van der Waals surface area contributed by atoms with Crippen molar-refractivity contribution >= 4 is 12.0 Å². The second-order valence-corrected chi connectivity index (χ2v) is 4.61. The van der Waals surface area contributed by atoms with Crippen LogP contribution in [0.3, 0.4) is 0 Å². The normalized spacial score (nSPS) is 11.0. The van der Waals surface area contributed by atoms with E-state index in [0.29, 0.717) is 11.1 Å². The molecule has 1 N–H and O–H groups in total. The van der Waals surface area contributed by atoms with Crippen LogP contribution >= 0.6 is 0 Å². The van der Waals surface area contributed by atoms with Gasteiger partial charge in [-0.05, 0) is 30.7 Å². The number of halogens is 1. The highest BCUT2D eigenvalue weighted by molar-refractivity contribution is 5.85. The standard InChI is InChI=1S/C16H14FNO3/c1-11-3-2-4-15(19)18(11)10-13-7-5-12(9-14(13)17)6-8-16(20)21/h2-9H,10H2,1H3,(H,20,21). The molecule has 2 aromatic rings. The Morgan fingerprint density at radius 1 is 1.33 bits per heavy atom. The Labute approximate surface area is 120 Å². The summed E-state index contributed by atoms with van der Waals surface area (Å²) < 4.78 is 15.5. The fourth-order valence-corrected chi connectivity index (χ4v) is 1.96. The maximum atomic E-state index is 14.0. The maximum Gasteiger partial charge on any atom is 0.328 e.